The molecule has 0 radical (unpaired) electrons. The molecule has 1 aromatic rings. The molecule has 18 heavy (non-hydrogen) atoms. The number of nitrogen functional groups attached to an aromatic ring is 1. The van der Waals surface area contributed by atoms with Crippen molar-refractivity contribution >= 4 is 11.7 Å². The van der Waals surface area contributed by atoms with Crippen molar-refractivity contribution in [3.8, 4) is 0 Å². The van der Waals surface area contributed by atoms with Crippen LogP contribution in [0.25, 0.3) is 0 Å². The second kappa shape index (κ2) is 5.33. The van der Waals surface area contributed by atoms with Crippen LogP contribution in [-0.2, 0) is 0 Å². The van der Waals surface area contributed by atoms with Crippen molar-refractivity contribution in [1.82, 2.24) is 9.88 Å². The van der Waals surface area contributed by atoms with Gasteiger partial charge in [0.1, 0.15) is 11.6 Å². The highest BCUT2D eigenvalue weighted by molar-refractivity contribution is 5.98. The number of aromatic nitrogens is 1. The number of hydrogen-bond donors (Lipinski definition) is 1. The maximum atomic E-state index is 13.1. The molecule has 0 saturated heterocycles. The zero-order chi connectivity index (χ0) is 13.1. The Balaban J connectivity index is 2.07. The summed E-state index contributed by atoms with van der Waals surface area (Å²) in [6, 6.07) is 1.15. The number of anilines is 1. The molecule has 98 valence electrons. The second-order valence-electron chi connectivity index (χ2n) is 4.92. The molecule has 0 atom stereocenters. The van der Waals surface area contributed by atoms with Gasteiger partial charge in [0.15, 0.2) is 0 Å². The molecule has 0 aliphatic heterocycles. The van der Waals surface area contributed by atoms with E-state index in [1.807, 2.05) is 0 Å². The predicted molar refractivity (Wildman–Crippen MR) is 67.5 cm³/mol. The number of pyridine rings is 1. The third-order valence-electron chi connectivity index (χ3n) is 3.47. The SMILES string of the molecule is CN(CC1CCCC1)C(=O)c1cc(F)cnc1N. The summed E-state index contributed by atoms with van der Waals surface area (Å²) >= 11 is 0. The molecule has 1 amide bonds. The smallest absolute Gasteiger partial charge is 0.257 e. The van der Waals surface area contributed by atoms with Crippen molar-refractivity contribution < 1.29 is 9.18 Å². The molecule has 1 saturated carbocycles. The first-order chi connectivity index (χ1) is 8.58. The Morgan fingerprint density at radius 3 is 2.89 bits per heavy atom. The van der Waals surface area contributed by atoms with E-state index in [-0.39, 0.29) is 17.3 Å². The zero-order valence-corrected chi connectivity index (χ0v) is 10.5. The fraction of sp³-hybridized carbons (Fsp3) is 0.538. The lowest BCUT2D eigenvalue weighted by Gasteiger charge is -2.21. The van der Waals surface area contributed by atoms with E-state index < -0.39 is 5.82 Å². The number of carbonyl (C=O) groups excluding carboxylic acids is 1. The summed E-state index contributed by atoms with van der Waals surface area (Å²) in [5.41, 5.74) is 5.76. The van der Waals surface area contributed by atoms with Gasteiger partial charge in [-0.2, -0.15) is 0 Å². The number of halogens is 1. The van der Waals surface area contributed by atoms with Crippen LogP contribution >= 0.6 is 0 Å². The van der Waals surface area contributed by atoms with Crippen molar-refractivity contribution in [3.05, 3.63) is 23.6 Å². The molecular formula is C13H18FN3O. The van der Waals surface area contributed by atoms with Crippen LogP contribution in [0.3, 0.4) is 0 Å². The van der Waals surface area contributed by atoms with Crippen LogP contribution in [0.1, 0.15) is 36.0 Å². The van der Waals surface area contributed by atoms with E-state index >= 15 is 0 Å². The van der Waals surface area contributed by atoms with Crippen LogP contribution in [0, 0.1) is 11.7 Å². The lowest BCUT2D eigenvalue weighted by molar-refractivity contribution is 0.0773. The van der Waals surface area contributed by atoms with Gasteiger partial charge in [0.2, 0.25) is 0 Å². The number of amides is 1. The first-order valence-electron chi connectivity index (χ1n) is 6.24. The number of carbonyl (C=O) groups is 1. The molecule has 0 spiro atoms. The third kappa shape index (κ3) is 2.78. The molecule has 4 nitrogen and oxygen atoms in total. The average Bonchev–Trinajstić information content (AvgIpc) is 2.84. The molecule has 1 fully saturated rings. The van der Waals surface area contributed by atoms with Crippen LogP contribution in [0.15, 0.2) is 12.3 Å². The van der Waals surface area contributed by atoms with Crippen molar-refractivity contribution in [3.63, 3.8) is 0 Å². The molecule has 1 aliphatic carbocycles. The van der Waals surface area contributed by atoms with Crippen molar-refractivity contribution in [2.45, 2.75) is 25.7 Å². The van der Waals surface area contributed by atoms with E-state index in [1.165, 1.54) is 12.8 Å². The molecule has 5 heteroatoms. The molecule has 1 aliphatic rings. The molecule has 0 bridgehead atoms. The van der Waals surface area contributed by atoms with Gasteiger partial charge in [0, 0.05) is 13.6 Å². The second-order valence-corrected chi connectivity index (χ2v) is 4.92. The van der Waals surface area contributed by atoms with E-state index in [0.717, 1.165) is 25.1 Å². The van der Waals surface area contributed by atoms with Gasteiger partial charge >= 0.3 is 0 Å². The van der Waals surface area contributed by atoms with Crippen molar-refractivity contribution in [2.24, 2.45) is 5.92 Å². The van der Waals surface area contributed by atoms with E-state index in [9.17, 15) is 9.18 Å². The lowest BCUT2D eigenvalue weighted by Crippen LogP contribution is -2.31. The van der Waals surface area contributed by atoms with Gasteiger partial charge < -0.3 is 10.6 Å². The summed E-state index contributed by atoms with van der Waals surface area (Å²) in [4.78, 5) is 17.4. The molecule has 0 aromatic carbocycles. The normalized spacial score (nSPS) is 15.9. The Morgan fingerprint density at radius 2 is 2.22 bits per heavy atom. The first kappa shape index (κ1) is 12.8. The summed E-state index contributed by atoms with van der Waals surface area (Å²) in [7, 11) is 1.73. The van der Waals surface area contributed by atoms with Crippen LogP contribution in [-0.4, -0.2) is 29.4 Å². The van der Waals surface area contributed by atoms with E-state index in [4.69, 9.17) is 5.73 Å². The average molecular weight is 251 g/mol. The van der Waals surface area contributed by atoms with Gasteiger partial charge in [0.25, 0.3) is 5.91 Å². The summed E-state index contributed by atoms with van der Waals surface area (Å²) in [6.45, 7) is 0.703. The van der Waals surface area contributed by atoms with Crippen LogP contribution in [0.2, 0.25) is 0 Å². The molecular weight excluding hydrogens is 233 g/mol. The van der Waals surface area contributed by atoms with Crippen LogP contribution in [0.5, 0.6) is 0 Å². The zero-order valence-electron chi connectivity index (χ0n) is 10.5. The van der Waals surface area contributed by atoms with E-state index in [1.54, 1.807) is 11.9 Å². The van der Waals surface area contributed by atoms with Crippen molar-refractivity contribution in [1.29, 1.82) is 0 Å². The lowest BCUT2D eigenvalue weighted by atomic mass is 10.1. The Hall–Kier alpha value is -1.65. The monoisotopic (exact) mass is 251 g/mol. The number of nitrogens with two attached hydrogens (primary N) is 1. The van der Waals surface area contributed by atoms with Gasteiger partial charge in [-0.1, -0.05) is 12.8 Å². The summed E-state index contributed by atoms with van der Waals surface area (Å²) in [5.74, 6) is -0.158. The summed E-state index contributed by atoms with van der Waals surface area (Å²) < 4.78 is 13.1. The number of nitrogens with zero attached hydrogens (tertiary/aromatic N) is 2. The maximum Gasteiger partial charge on any atom is 0.257 e. The molecule has 2 N–H and O–H groups in total. The highest BCUT2D eigenvalue weighted by Crippen LogP contribution is 2.25. The predicted octanol–water partition coefficient (Wildman–Crippen LogP) is 2.07. The fourth-order valence-corrected chi connectivity index (χ4v) is 2.49. The fourth-order valence-electron chi connectivity index (χ4n) is 2.49. The minimum absolute atomic E-state index is 0.0830. The maximum absolute atomic E-state index is 13.1. The van der Waals surface area contributed by atoms with E-state index in [0.29, 0.717) is 12.5 Å². The van der Waals surface area contributed by atoms with Crippen molar-refractivity contribution in [2.75, 3.05) is 19.3 Å². The van der Waals surface area contributed by atoms with Crippen LogP contribution in [0.4, 0.5) is 10.2 Å². The first-order valence-corrected chi connectivity index (χ1v) is 6.24. The van der Waals surface area contributed by atoms with Gasteiger partial charge in [-0.25, -0.2) is 9.37 Å². The Bertz CT molecular complexity index is 444. The largest absolute Gasteiger partial charge is 0.383 e. The Morgan fingerprint density at radius 1 is 1.56 bits per heavy atom. The summed E-state index contributed by atoms with van der Waals surface area (Å²) in [5, 5.41) is 0. The standard InChI is InChI=1S/C13H18FN3O/c1-17(8-9-4-2-3-5-9)13(18)11-6-10(14)7-16-12(11)15/h6-7,9H,2-5,8H2,1H3,(H2,15,16). The summed E-state index contributed by atoms with van der Waals surface area (Å²) in [6.07, 6.45) is 5.80. The van der Waals surface area contributed by atoms with Gasteiger partial charge in [0.05, 0.1) is 11.8 Å². The molecule has 0 unspecified atom stereocenters. The Kier molecular flexibility index (Phi) is 3.79. The minimum atomic E-state index is -0.540. The minimum Gasteiger partial charge on any atom is -0.383 e. The number of hydrogen-bond acceptors (Lipinski definition) is 3. The van der Waals surface area contributed by atoms with Gasteiger partial charge in [-0.3, -0.25) is 4.79 Å². The highest BCUT2D eigenvalue weighted by Gasteiger charge is 2.22. The van der Waals surface area contributed by atoms with Gasteiger partial charge in [-0.05, 0) is 24.8 Å². The highest BCUT2D eigenvalue weighted by atomic mass is 19.1. The van der Waals surface area contributed by atoms with Gasteiger partial charge in [-0.15, -0.1) is 0 Å². The van der Waals surface area contributed by atoms with Crippen LogP contribution < -0.4 is 5.73 Å². The quantitative estimate of drug-likeness (QED) is 0.894. The number of rotatable bonds is 3. The molecule has 2 rings (SSSR count). The third-order valence-corrected chi connectivity index (χ3v) is 3.47. The van der Waals surface area contributed by atoms with E-state index in [2.05, 4.69) is 4.98 Å². The molecule has 1 heterocycles. The Labute approximate surface area is 106 Å². The topological polar surface area (TPSA) is 59.2 Å². The molecule has 1 aromatic heterocycles.